The first kappa shape index (κ1) is 28.8. The molecule has 0 unspecified atom stereocenters. The van der Waals surface area contributed by atoms with Gasteiger partial charge in [-0.25, -0.2) is 0 Å². The van der Waals surface area contributed by atoms with Gasteiger partial charge in [0.1, 0.15) is 0 Å². The first-order chi connectivity index (χ1) is 12.9. The summed E-state index contributed by atoms with van der Waals surface area (Å²) in [4.78, 5) is 0. The van der Waals surface area contributed by atoms with Gasteiger partial charge in [0.2, 0.25) is 0 Å². The molecule has 0 saturated heterocycles. The molecule has 0 fully saturated rings. The highest BCUT2D eigenvalue weighted by Gasteiger charge is 2.94. The molecule has 0 bridgehead atoms. The molecule has 0 rings (SSSR count). The molecular formula is C12H10F16O2. The molecule has 30 heavy (non-hydrogen) atoms. The Morgan fingerprint density at radius 2 is 0.500 bits per heavy atom. The van der Waals surface area contributed by atoms with Crippen LogP contribution in [0.15, 0.2) is 0 Å². The number of aliphatic hydroxyl groups is 2. The molecule has 0 aromatic rings. The molecule has 0 spiro atoms. The second kappa shape index (κ2) is 7.74. The molecule has 0 amide bonds. The number of hydrogen-bond donors (Lipinski definition) is 2. The van der Waals surface area contributed by atoms with Crippen molar-refractivity contribution in [3.05, 3.63) is 0 Å². The minimum Gasteiger partial charge on any atom is -0.396 e. The highest BCUT2D eigenvalue weighted by molar-refractivity contribution is 5.15. The molecule has 2 nitrogen and oxygen atoms in total. The SMILES string of the molecule is OCCC(F)(F)C(F)(F)C(F)(F)C(F)(F)C(F)(F)C(F)(F)C(F)(F)C(F)(F)CCO. The van der Waals surface area contributed by atoms with E-state index in [4.69, 9.17) is 10.2 Å². The maximum atomic E-state index is 13.4. The summed E-state index contributed by atoms with van der Waals surface area (Å²) in [5.74, 6) is -61.6. The van der Waals surface area contributed by atoms with Crippen molar-refractivity contribution in [2.75, 3.05) is 13.2 Å². The van der Waals surface area contributed by atoms with Crippen molar-refractivity contribution in [2.45, 2.75) is 60.2 Å². The topological polar surface area (TPSA) is 40.5 Å². The lowest BCUT2D eigenvalue weighted by Gasteiger charge is -2.43. The molecule has 0 aliphatic heterocycles. The van der Waals surface area contributed by atoms with Crippen LogP contribution in [0.1, 0.15) is 12.8 Å². The smallest absolute Gasteiger partial charge is 0.384 e. The molecule has 0 radical (unpaired) electrons. The number of rotatable bonds is 11. The predicted molar refractivity (Wildman–Crippen MR) is 63.0 cm³/mol. The van der Waals surface area contributed by atoms with Gasteiger partial charge in [0, 0.05) is 26.1 Å². The van der Waals surface area contributed by atoms with Crippen LogP contribution in [0.4, 0.5) is 70.2 Å². The number of halogens is 16. The predicted octanol–water partition coefficient (Wildman–Crippen LogP) is 4.83. The van der Waals surface area contributed by atoms with Gasteiger partial charge in [-0.2, -0.15) is 70.2 Å². The summed E-state index contributed by atoms with van der Waals surface area (Å²) in [7, 11) is 0. The van der Waals surface area contributed by atoms with Gasteiger partial charge >= 0.3 is 47.4 Å². The molecule has 0 aliphatic carbocycles. The lowest BCUT2D eigenvalue weighted by Crippen LogP contribution is -2.74. The van der Waals surface area contributed by atoms with Gasteiger partial charge in [-0.05, 0) is 0 Å². The van der Waals surface area contributed by atoms with Gasteiger partial charge in [-0.15, -0.1) is 0 Å². The van der Waals surface area contributed by atoms with Crippen molar-refractivity contribution in [1.29, 1.82) is 0 Å². The fourth-order valence-electron chi connectivity index (χ4n) is 1.84. The zero-order valence-corrected chi connectivity index (χ0v) is 13.8. The quantitative estimate of drug-likeness (QED) is 0.408. The van der Waals surface area contributed by atoms with Gasteiger partial charge in [-0.1, -0.05) is 0 Å². The Morgan fingerprint density at radius 1 is 0.333 bits per heavy atom. The molecule has 0 aromatic heterocycles. The van der Waals surface area contributed by atoms with E-state index < -0.39 is 73.4 Å². The van der Waals surface area contributed by atoms with E-state index in [-0.39, 0.29) is 0 Å². The molecule has 0 atom stereocenters. The fraction of sp³-hybridized carbons (Fsp3) is 1.00. The maximum absolute atomic E-state index is 13.4. The highest BCUT2D eigenvalue weighted by atomic mass is 19.4. The first-order valence-electron chi connectivity index (χ1n) is 7.11. The van der Waals surface area contributed by atoms with Crippen LogP contribution >= 0.6 is 0 Å². The first-order valence-corrected chi connectivity index (χ1v) is 7.11. The average Bonchev–Trinajstić information content (AvgIpc) is 2.53. The van der Waals surface area contributed by atoms with Crippen molar-refractivity contribution >= 4 is 0 Å². The summed E-state index contributed by atoms with van der Waals surface area (Å²) in [5.41, 5.74) is 0. The Kier molecular flexibility index (Phi) is 7.43. The zero-order valence-electron chi connectivity index (χ0n) is 13.8. The van der Waals surface area contributed by atoms with Gasteiger partial charge < -0.3 is 10.2 Å². The Labute approximate surface area is 155 Å². The molecular weight excluding hydrogens is 480 g/mol. The van der Waals surface area contributed by atoms with Crippen LogP contribution in [0, 0.1) is 0 Å². The van der Waals surface area contributed by atoms with Crippen LogP contribution in [0.3, 0.4) is 0 Å². The summed E-state index contributed by atoms with van der Waals surface area (Å²) in [6.45, 7) is -4.27. The molecule has 18 heteroatoms. The van der Waals surface area contributed by atoms with Gasteiger partial charge in [0.15, 0.2) is 0 Å². The van der Waals surface area contributed by atoms with Crippen LogP contribution in [-0.4, -0.2) is 70.8 Å². The van der Waals surface area contributed by atoms with Crippen molar-refractivity contribution in [3.8, 4) is 0 Å². The van der Waals surface area contributed by atoms with Gasteiger partial charge in [0.05, 0.1) is 0 Å². The minimum atomic E-state index is -8.47. The molecule has 0 heterocycles. The summed E-state index contributed by atoms with van der Waals surface area (Å²) in [6.07, 6.45) is -5.59. The van der Waals surface area contributed by atoms with Crippen LogP contribution < -0.4 is 0 Å². The van der Waals surface area contributed by atoms with Gasteiger partial charge in [0.25, 0.3) is 0 Å². The second-order valence-electron chi connectivity index (χ2n) is 5.80. The lowest BCUT2D eigenvalue weighted by molar-refractivity contribution is -0.453. The van der Waals surface area contributed by atoms with Crippen molar-refractivity contribution in [3.63, 3.8) is 0 Å². The van der Waals surface area contributed by atoms with Crippen molar-refractivity contribution < 1.29 is 80.5 Å². The molecule has 0 aliphatic rings. The Bertz CT molecular complexity index is 547. The normalized spacial score (nSPS) is 16.2. The molecule has 0 saturated carbocycles. The summed E-state index contributed by atoms with van der Waals surface area (Å²) >= 11 is 0. The van der Waals surface area contributed by atoms with Crippen molar-refractivity contribution in [2.24, 2.45) is 0 Å². The average molecular weight is 490 g/mol. The van der Waals surface area contributed by atoms with E-state index in [1.165, 1.54) is 0 Å². The van der Waals surface area contributed by atoms with E-state index in [1.807, 2.05) is 0 Å². The second-order valence-corrected chi connectivity index (χ2v) is 5.80. The van der Waals surface area contributed by atoms with Crippen molar-refractivity contribution in [1.82, 2.24) is 0 Å². The number of hydrogen-bond acceptors (Lipinski definition) is 2. The van der Waals surface area contributed by atoms with Crippen LogP contribution in [0.2, 0.25) is 0 Å². The largest absolute Gasteiger partial charge is 0.396 e. The number of alkyl halides is 16. The zero-order chi connectivity index (χ0) is 24.8. The fourth-order valence-corrected chi connectivity index (χ4v) is 1.84. The summed E-state index contributed by atoms with van der Waals surface area (Å²) < 4.78 is 211. The Hall–Kier alpha value is -1.20. The van der Waals surface area contributed by atoms with Crippen LogP contribution in [0.5, 0.6) is 0 Å². The maximum Gasteiger partial charge on any atom is 0.384 e. The monoisotopic (exact) mass is 490 g/mol. The minimum absolute atomic E-state index is 2.14. The number of aliphatic hydroxyl groups excluding tert-OH is 2. The molecule has 182 valence electrons. The van der Waals surface area contributed by atoms with Crippen LogP contribution in [0.25, 0.3) is 0 Å². The third-order valence-electron chi connectivity index (χ3n) is 3.74. The standard InChI is InChI=1S/C12H10F16O2/c13-5(14,1-3-29)7(17,18)9(21,22)11(25,26)12(27,28)10(23,24)8(19,20)6(15,16)2-4-30/h29-30H,1-4H2. The lowest BCUT2D eigenvalue weighted by atomic mass is 9.86. The van der Waals surface area contributed by atoms with E-state index in [0.29, 0.717) is 0 Å². The van der Waals surface area contributed by atoms with E-state index in [0.717, 1.165) is 0 Å². The molecule has 0 aromatic carbocycles. The third-order valence-corrected chi connectivity index (χ3v) is 3.74. The van der Waals surface area contributed by atoms with E-state index in [9.17, 15) is 70.2 Å². The summed E-state index contributed by atoms with van der Waals surface area (Å²) in [5, 5.41) is 16.1. The Balaban J connectivity index is 6.67. The molecule has 2 N–H and O–H groups in total. The third kappa shape index (κ3) is 3.66. The highest BCUT2D eigenvalue weighted by Crippen LogP contribution is 2.64. The summed E-state index contributed by atoms with van der Waals surface area (Å²) in [6, 6.07) is 0. The van der Waals surface area contributed by atoms with E-state index >= 15 is 0 Å². The van der Waals surface area contributed by atoms with Crippen LogP contribution in [-0.2, 0) is 0 Å². The van der Waals surface area contributed by atoms with E-state index in [1.54, 1.807) is 0 Å². The van der Waals surface area contributed by atoms with E-state index in [2.05, 4.69) is 0 Å². The van der Waals surface area contributed by atoms with Gasteiger partial charge in [-0.3, -0.25) is 0 Å². The Morgan fingerprint density at radius 3 is 0.667 bits per heavy atom.